The van der Waals surface area contributed by atoms with Crippen LogP contribution in [0.2, 0.25) is 5.02 Å². The number of nitrogens with one attached hydrogen (secondary N) is 1. The summed E-state index contributed by atoms with van der Waals surface area (Å²) in [6, 6.07) is 8.20. The molecule has 2 aromatic rings. The molecule has 1 unspecified atom stereocenters. The quantitative estimate of drug-likeness (QED) is 0.568. The molecule has 1 fully saturated rings. The third-order valence-corrected chi connectivity index (χ3v) is 5.81. The van der Waals surface area contributed by atoms with Crippen molar-refractivity contribution in [1.29, 1.82) is 0 Å². The maximum Gasteiger partial charge on any atom is 0.421 e. The van der Waals surface area contributed by atoms with Crippen LogP contribution in [0.3, 0.4) is 0 Å². The van der Waals surface area contributed by atoms with E-state index in [2.05, 4.69) is 10.3 Å². The average molecular weight is 441 g/mol. The van der Waals surface area contributed by atoms with E-state index in [0.29, 0.717) is 30.0 Å². The molecule has 1 saturated carbocycles. The summed E-state index contributed by atoms with van der Waals surface area (Å²) in [5.41, 5.74) is -0.168. The summed E-state index contributed by atoms with van der Waals surface area (Å²) in [5, 5.41) is 3.53. The van der Waals surface area contributed by atoms with Crippen molar-refractivity contribution in [3.63, 3.8) is 0 Å². The van der Waals surface area contributed by atoms with Crippen LogP contribution in [-0.2, 0) is 11.0 Å². The van der Waals surface area contributed by atoms with Crippen LogP contribution in [-0.4, -0.2) is 17.0 Å². The molecule has 1 heterocycles. The van der Waals surface area contributed by atoms with E-state index in [1.54, 1.807) is 24.3 Å². The van der Waals surface area contributed by atoms with Crippen molar-refractivity contribution in [2.24, 2.45) is 11.8 Å². The van der Waals surface area contributed by atoms with Gasteiger partial charge in [0.05, 0.1) is 6.10 Å². The summed E-state index contributed by atoms with van der Waals surface area (Å²) in [6.07, 6.45) is 0.629. The summed E-state index contributed by atoms with van der Waals surface area (Å²) in [6.45, 7) is 1.97. The second kappa shape index (κ2) is 9.69. The van der Waals surface area contributed by atoms with E-state index >= 15 is 0 Å². The van der Waals surface area contributed by atoms with Gasteiger partial charge in [0.2, 0.25) is 5.91 Å². The van der Waals surface area contributed by atoms with Gasteiger partial charge in [0.25, 0.3) is 0 Å². The Morgan fingerprint density at radius 2 is 1.87 bits per heavy atom. The van der Waals surface area contributed by atoms with Gasteiger partial charge >= 0.3 is 6.18 Å². The van der Waals surface area contributed by atoms with Crippen molar-refractivity contribution in [2.75, 3.05) is 5.32 Å². The zero-order valence-corrected chi connectivity index (χ0v) is 17.3. The molecule has 1 aliphatic rings. The highest BCUT2D eigenvalue weighted by atomic mass is 35.5. The molecule has 0 spiro atoms. The number of nitrogens with zero attached hydrogens (tertiary/aromatic N) is 1. The molecular formula is C22H24ClF3N2O2. The third kappa shape index (κ3) is 5.65. The molecule has 0 saturated heterocycles. The predicted molar refractivity (Wildman–Crippen MR) is 109 cm³/mol. The van der Waals surface area contributed by atoms with Crippen LogP contribution in [0.5, 0.6) is 5.75 Å². The number of anilines is 1. The maximum atomic E-state index is 13.1. The second-order valence-corrected chi connectivity index (χ2v) is 7.97. The number of halogens is 4. The molecule has 162 valence electrons. The highest BCUT2D eigenvalue weighted by Gasteiger charge is 2.36. The minimum absolute atomic E-state index is 0.0438. The van der Waals surface area contributed by atoms with Crippen LogP contribution < -0.4 is 10.1 Å². The lowest BCUT2D eigenvalue weighted by atomic mass is 9.77. The molecule has 30 heavy (non-hydrogen) atoms. The van der Waals surface area contributed by atoms with Crippen LogP contribution in [0, 0.1) is 11.8 Å². The van der Waals surface area contributed by atoms with Gasteiger partial charge in [-0.05, 0) is 68.4 Å². The van der Waals surface area contributed by atoms with E-state index in [0.717, 1.165) is 19.0 Å². The smallest absolute Gasteiger partial charge is 0.421 e. The van der Waals surface area contributed by atoms with E-state index in [1.807, 2.05) is 6.92 Å². The molecule has 1 aromatic heterocycles. The number of alkyl halides is 3. The molecule has 0 aliphatic heterocycles. The van der Waals surface area contributed by atoms with E-state index in [-0.39, 0.29) is 29.6 Å². The number of aromatic nitrogens is 1. The van der Waals surface area contributed by atoms with Gasteiger partial charge in [-0.15, -0.1) is 0 Å². The number of benzene rings is 1. The molecule has 1 N–H and O–H groups in total. The standard InChI is InChI=1S/C22H24ClF3N2O2/c1-2-18(21(29)28-16-7-5-15(23)6-8-16)14-3-9-17(10-4-14)30-20-11-12-27-13-19(20)22(24,25)26/h5-8,11-14,17-18H,2-4,9-10H2,1H3,(H,28,29). The number of ether oxygens (including phenoxy) is 1. The third-order valence-electron chi connectivity index (χ3n) is 5.56. The van der Waals surface area contributed by atoms with Crippen LogP contribution >= 0.6 is 11.6 Å². The van der Waals surface area contributed by atoms with Gasteiger partial charge in [0.1, 0.15) is 11.3 Å². The number of hydrogen-bond donors (Lipinski definition) is 1. The van der Waals surface area contributed by atoms with Crippen LogP contribution in [0.15, 0.2) is 42.7 Å². The van der Waals surface area contributed by atoms with E-state index in [9.17, 15) is 18.0 Å². The molecule has 0 bridgehead atoms. The van der Waals surface area contributed by atoms with Crippen LogP contribution in [0.1, 0.15) is 44.6 Å². The largest absolute Gasteiger partial charge is 0.490 e. The van der Waals surface area contributed by atoms with Crippen molar-refractivity contribution < 1.29 is 22.7 Å². The lowest BCUT2D eigenvalue weighted by Gasteiger charge is -2.33. The summed E-state index contributed by atoms with van der Waals surface area (Å²) >= 11 is 5.88. The first-order chi connectivity index (χ1) is 14.3. The van der Waals surface area contributed by atoms with Crippen molar-refractivity contribution in [3.05, 3.63) is 53.3 Å². The first-order valence-electron chi connectivity index (χ1n) is 10.0. The highest BCUT2D eigenvalue weighted by Crippen LogP contribution is 2.38. The summed E-state index contributed by atoms with van der Waals surface area (Å²) in [4.78, 5) is 16.3. The molecule has 1 aromatic carbocycles. The molecule has 1 amide bonds. The van der Waals surface area contributed by atoms with Gasteiger partial charge in [-0.1, -0.05) is 18.5 Å². The monoisotopic (exact) mass is 440 g/mol. The molecule has 1 aliphatic carbocycles. The van der Waals surface area contributed by atoms with Gasteiger partial charge < -0.3 is 10.1 Å². The fourth-order valence-corrected chi connectivity index (χ4v) is 4.11. The predicted octanol–water partition coefficient (Wildman–Crippen LogP) is 6.36. The van der Waals surface area contributed by atoms with Gasteiger partial charge in [0, 0.05) is 29.0 Å². The van der Waals surface area contributed by atoms with E-state index < -0.39 is 11.7 Å². The molecule has 4 nitrogen and oxygen atoms in total. The summed E-state index contributed by atoms with van der Waals surface area (Å²) in [7, 11) is 0. The Bertz CT molecular complexity index is 850. The second-order valence-electron chi connectivity index (χ2n) is 7.54. The number of pyridine rings is 1. The Balaban J connectivity index is 1.57. The zero-order chi connectivity index (χ0) is 21.7. The molecule has 8 heteroatoms. The number of rotatable bonds is 6. The first-order valence-corrected chi connectivity index (χ1v) is 10.4. The SMILES string of the molecule is CCC(C(=O)Nc1ccc(Cl)cc1)C1CCC(Oc2ccncc2C(F)(F)F)CC1. The molecular weight excluding hydrogens is 417 g/mol. The average Bonchev–Trinajstić information content (AvgIpc) is 2.71. The summed E-state index contributed by atoms with van der Waals surface area (Å²) < 4.78 is 45.1. The lowest BCUT2D eigenvalue weighted by molar-refractivity contribution is -0.139. The topological polar surface area (TPSA) is 51.2 Å². The highest BCUT2D eigenvalue weighted by molar-refractivity contribution is 6.30. The Labute approximate surface area is 178 Å². The number of amides is 1. The molecule has 0 radical (unpaired) electrons. The minimum Gasteiger partial charge on any atom is -0.490 e. The van der Waals surface area contributed by atoms with Gasteiger partial charge in [-0.3, -0.25) is 9.78 Å². The zero-order valence-electron chi connectivity index (χ0n) is 16.6. The Kier molecular flexibility index (Phi) is 7.23. The van der Waals surface area contributed by atoms with Gasteiger partial charge in [-0.25, -0.2) is 0 Å². The van der Waals surface area contributed by atoms with Crippen molar-refractivity contribution in [3.8, 4) is 5.75 Å². The Morgan fingerprint density at radius 3 is 2.47 bits per heavy atom. The Morgan fingerprint density at radius 1 is 1.20 bits per heavy atom. The van der Waals surface area contributed by atoms with E-state index in [1.165, 1.54) is 12.3 Å². The van der Waals surface area contributed by atoms with Crippen LogP contribution in [0.25, 0.3) is 0 Å². The minimum atomic E-state index is -4.51. The number of carbonyl (C=O) groups excluding carboxylic acids is 1. The summed E-state index contributed by atoms with van der Waals surface area (Å²) in [5.74, 6) is -0.221. The maximum absolute atomic E-state index is 13.1. The van der Waals surface area contributed by atoms with Crippen molar-refractivity contribution in [1.82, 2.24) is 4.98 Å². The van der Waals surface area contributed by atoms with Gasteiger partial charge in [0.15, 0.2) is 0 Å². The number of carbonyl (C=O) groups is 1. The molecule has 3 rings (SSSR count). The lowest BCUT2D eigenvalue weighted by Crippen LogP contribution is -2.34. The fraction of sp³-hybridized carbons (Fsp3) is 0.455. The Hall–Kier alpha value is -2.28. The van der Waals surface area contributed by atoms with Crippen molar-refractivity contribution in [2.45, 2.75) is 51.3 Å². The first kappa shape index (κ1) is 22.4. The van der Waals surface area contributed by atoms with Crippen molar-refractivity contribution >= 4 is 23.2 Å². The normalized spacial score (nSPS) is 20.4. The number of hydrogen-bond acceptors (Lipinski definition) is 3. The van der Waals surface area contributed by atoms with E-state index in [4.69, 9.17) is 16.3 Å². The fourth-order valence-electron chi connectivity index (χ4n) is 3.99. The molecule has 1 atom stereocenters. The van der Waals surface area contributed by atoms with Crippen LogP contribution in [0.4, 0.5) is 18.9 Å². The van der Waals surface area contributed by atoms with Gasteiger partial charge in [-0.2, -0.15) is 13.2 Å².